The summed E-state index contributed by atoms with van der Waals surface area (Å²) >= 11 is 0. The summed E-state index contributed by atoms with van der Waals surface area (Å²) in [6.07, 6.45) is 17.8. The molecule has 0 spiro atoms. The number of aliphatic hydroxyl groups excluding tert-OH is 2. The van der Waals surface area contributed by atoms with E-state index in [0.29, 0.717) is 11.8 Å². The van der Waals surface area contributed by atoms with E-state index in [2.05, 4.69) is 13.8 Å². The summed E-state index contributed by atoms with van der Waals surface area (Å²) in [5, 5.41) is 19.3. The number of rotatable bonds is 17. The van der Waals surface area contributed by atoms with Gasteiger partial charge in [0.25, 0.3) is 0 Å². The molecule has 0 radical (unpaired) electrons. The Bertz CT molecular complexity index is 184. The third kappa shape index (κ3) is 12.5. The van der Waals surface area contributed by atoms with E-state index in [1.54, 1.807) is 0 Å². The molecule has 0 aromatic heterocycles. The average Bonchev–Trinajstić information content (AvgIpc) is 2.54. The summed E-state index contributed by atoms with van der Waals surface area (Å²) in [5.74, 6) is 0.624. The lowest BCUT2D eigenvalue weighted by atomic mass is 9.85. The van der Waals surface area contributed by atoms with E-state index in [-0.39, 0.29) is 13.2 Å². The van der Waals surface area contributed by atoms with Crippen molar-refractivity contribution >= 4 is 0 Å². The summed E-state index contributed by atoms with van der Waals surface area (Å²) in [6, 6.07) is 0. The van der Waals surface area contributed by atoms with Crippen molar-refractivity contribution in [1.82, 2.24) is 0 Å². The highest BCUT2D eigenvalue weighted by Crippen LogP contribution is 2.24. The van der Waals surface area contributed by atoms with Crippen LogP contribution < -0.4 is 0 Å². The summed E-state index contributed by atoms with van der Waals surface area (Å²) in [6.45, 7) is 4.98. The van der Waals surface area contributed by atoms with Gasteiger partial charge < -0.3 is 10.2 Å². The third-order valence-electron chi connectivity index (χ3n) is 4.99. The first-order chi connectivity index (χ1) is 10.8. The van der Waals surface area contributed by atoms with E-state index in [0.717, 1.165) is 12.8 Å². The Kier molecular flexibility index (Phi) is 17.2. The minimum Gasteiger partial charge on any atom is -0.396 e. The number of hydrogen-bond donors (Lipinski definition) is 2. The van der Waals surface area contributed by atoms with Crippen molar-refractivity contribution in [3.8, 4) is 0 Å². The molecule has 0 aromatic carbocycles. The number of aliphatic hydroxyl groups is 2. The molecule has 2 unspecified atom stereocenters. The van der Waals surface area contributed by atoms with Gasteiger partial charge in [-0.15, -0.1) is 0 Å². The second-order valence-corrected chi connectivity index (χ2v) is 7.00. The molecular weight excluding hydrogens is 272 g/mol. The molecule has 0 fully saturated rings. The molecule has 2 atom stereocenters. The zero-order valence-corrected chi connectivity index (χ0v) is 15.4. The average molecular weight is 315 g/mol. The van der Waals surface area contributed by atoms with Crippen molar-refractivity contribution in [3.05, 3.63) is 0 Å². The predicted octanol–water partition coefficient (Wildman–Crippen LogP) is 5.70. The van der Waals surface area contributed by atoms with Crippen LogP contribution in [-0.2, 0) is 0 Å². The molecule has 0 aliphatic carbocycles. The maximum Gasteiger partial charge on any atom is 0.0462 e. The molecule has 2 nitrogen and oxygen atoms in total. The van der Waals surface area contributed by atoms with Gasteiger partial charge in [0.05, 0.1) is 0 Å². The van der Waals surface area contributed by atoms with E-state index in [1.807, 2.05) is 0 Å². The molecule has 0 bridgehead atoms. The predicted molar refractivity (Wildman–Crippen MR) is 97.1 cm³/mol. The molecule has 0 saturated carbocycles. The van der Waals surface area contributed by atoms with Crippen molar-refractivity contribution < 1.29 is 10.2 Å². The first-order valence-electron chi connectivity index (χ1n) is 10.0. The van der Waals surface area contributed by atoms with Crippen molar-refractivity contribution in [3.63, 3.8) is 0 Å². The van der Waals surface area contributed by atoms with Crippen molar-refractivity contribution in [2.75, 3.05) is 13.2 Å². The number of unbranched alkanes of at least 4 members (excludes halogenated alkanes) is 10. The lowest BCUT2D eigenvalue weighted by molar-refractivity contribution is 0.104. The zero-order chi connectivity index (χ0) is 16.5. The van der Waals surface area contributed by atoms with Gasteiger partial charge in [0.15, 0.2) is 0 Å². The van der Waals surface area contributed by atoms with E-state index in [1.165, 1.54) is 77.0 Å². The van der Waals surface area contributed by atoms with Crippen LogP contribution in [0.5, 0.6) is 0 Å². The molecule has 0 aromatic rings. The van der Waals surface area contributed by atoms with E-state index < -0.39 is 0 Å². The minimum absolute atomic E-state index is 0.246. The first kappa shape index (κ1) is 21.9. The monoisotopic (exact) mass is 314 g/mol. The first-order valence-corrected chi connectivity index (χ1v) is 10.0. The molecular formula is C20H42O2. The molecule has 0 aliphatic rings. The van der Waals surface area contributed by atoms with Crippen LogP contribution in [-0.4, -0.2) is 23.4 Å². The Morgan fingerprint density at radius 1 is 0.500 bits per heavy atom. The van der Waals surface area contributed by atoms with Gasteiger partial charge in [-0.25, -0.2) is 0 Å². The van der Waals surface area contributed by atoms with Crippen molar-refractivity contribution in [2.45, 2.75) is 104 Å². The highest BCUT2D eigenvalue weighted by atomic mass is 16.3. The molecule has 0 aliphatic heterocycles. The molecule has 22 heavy (non-hydrogen) atoms. The van der Waals surface area contributed by atoms with E-state index >= 15 is 0 Å². The van der Waals surface area contributed by atoms with Crippen molar-refractivity contribution in [2.24, 2.45) is 11.8 Å². The Hall–Kier alpha value is -0.0800. The molecule has 0 rings (SSSR count). The fourth-order valence-corrected chi connectivity index (χ4v) is 3.33. The Morgan fingerprint density at radius 3 is 1.14 bits per heavy atom. The fraction of sp³-hybridized carbons (Fsp3) is 1.00. The summed E-state index contributed by atoms with van der Waals surface area (Å²) < 4.78 is 0. The van der Waals surface area contributed by atoms with Crippen LogP contribution in [0, 0.1) is 11.8 Å². The van der Waals surface area contributed by atoms with Gasteiger partial charge >= 0.3 is 0 Å². The van der Waals surface area contributed by atoms with E-state index in [9.17, 15) is 10.2 Å². The molecule has 0 heterocycles. The van der Waals surface area contributed by atoms with Gasteiger partial charge in [-0.1, -0.05) is 90.9 Å². The van der Waals surface area contributed by atoms with Crippen LogP contribution in [0.4, 0.5) is 0 Å². The van der Waals surface area contributed by atoms with Gasteiger partial charge in [-0.3, -0.25) is 0 Å². The molecule has 2 heteroatoms. The van der Waals surface area contributed by atoms with Crippen molar-refractivity contribution in [1.29, 1.82) is 0 Å². The zero-order valence-electron chi connectivity index (χ0n) is 15.4. The van der Waals surface area contributed by atoms with Gasteiger partial charge in [0.1, 0.15) is 0 Å². The molecule has 2 N–H and O–H groups in total. The fourth-order valence-electron chi connectivity index (χ4n) is 3.33. The number of hydrogen-bond acceptors (Lipinski definition) is 2. The van der Waals surface area contributed by atoms with Crippen LogP contribution in [0.25, 0.3) is 0 Å². The standard InChI is InChI=1S/C20H42O2/c1-3-5-7-9-11-13-15-19(17-21)20(18-22)16-14-12-10-8-6-4-2/h19-22H,3-18H2,1-2H3. The van der Waals surface area contributed by atoms with Gasteiger partial charge in [0, 0.05) is 13.2 Å². The van der Waals surface area contributed by atoms with Crippen LogP contribution in [0.3, 0.4) is 0 Å². The lowest BCUT2D eigenvalue weighted by Crippen LogP contribution is -2.22. The SMILES string of the molecule is CCCCCCCCC(CO)C(CO)CCCCCCCC. The van der Waals surface area contributed by atoms with Crippen LogP contribution in [0.15, 0.2) is 0 Å². The second kappa shape index (κ2) is 17.3. The van der Waals surface area contributed by atoms with Crippen LogP contribution in [0.2, 0.25) is 0 Å². The summed E-state index contributed by atoms with van der Waals surface area (Å²) in [5.41, 5.74) is 0. The largest absolute Gasteiger partial charge is 0.396 e. The van der Waals surface area contributed by atoms with Gasteiger partial charge in [0.2, 0.25) is 0 Å². The van der Waals surface area contributed by atoms with Gasteiger partial charge in [-0.2, -0.15) is 0 Å². The Morgan fingerprint density at radius 2 is 0.818 bits per heavy atom. The summed E-state index contributed by atoms with van der Waals surface area (Å²) in [7, 11) is 0. The Labute approximate surface area is 139 Å². The maximum absolute atomic E-state index is 9.63. The summed E-state index contributed by atoms with van der Waals surface area (Å²) in [4.78, 5) is 0. The minimum atomic E-state index is 0.246. The highest BCUT2D eigenvalue weighted by Gasteiger charge is 2.19. The quantitative estimate of drug-likeness (QED) is 0.338. The third-order valence-corrected chi connectivity index (χ3v) is 4.99. The molecule has 134 valence electrons. The van der Waals surface area contributed by atoms with Gasteiger partial charge in [-0.05, 0) is 24.7 Å². The normalized spacial score (nSPS) is 14.2. The highest BCUT2D eigenvalue weighted by molar-refractivity contribution is 4.69. The lowest BCUT2D eigenvalue weighted by Gasteiger charge is -2.24. The van der Waals surface area contributed by atoms with Crippen LogP contribution in [0.1, 0.15) is 104 Å². The smallest absolute Gasteiger partial charge is 0.0462 e. The maximum atomic E-state index is 9.63. The topological polar surface area (TPSA) is 40.5 Å². The van der Waals surface area contributed by atoms with Crippen LogP contribution >= 0.6 is 0 Å². The van der Waals surface area contributed by atoms with E-state index in [4.69, 9.17) is 0 Å². The molecule has 0 saturated heterocycles. The Balaban J connectivity index is 3.74. The molecule has 0 amide bonds. The second-order valence-electron chi connectivity index (χ2n) is 7.00.